The van der Waals surface area contributed by atoms with Crippen LogP contribution in [0.3, 0.4) is 0 Å². The van der Waals surface area contributed by atoms with Crippen molar-refractivity contribution in [1.82, 2.24) is 15.0 Å². The lowest BCUT2D eigenvalue weighted by atomic mass is 10.1. The Morgan fingerprint density at radius 3 is 2.94 bits per heavy atom. The molecule has 0 radical (unpaired) electrons. The van der Waals surface area contributed by atoms with Crippen LogP contribution in [0.2, 0.25) is 0 Å². The summed E-state index contributed by atoms with van der Waals surface area (Å²) in [7, 11) is 1.80. The standard InChI is InChI=1S/C13H13N3O2/c1-16-8-10(14-15-16)7-11(17)13-6-9-4-2-3-5-12(9)18-13/h2-6,8,11,17H,7H2,1H3. The molecule has 2 heterocycles. The first kappa shape index (κ1) is 11.0. The van der Waals surface area contributed by atoms with Crippen LogP contribution in [0.15, 0.2) is 40.9 Å². The number of furan rings is 1. The van der Waals surface area contributed by atoms with Crippen molar-refractivity contribution in [3.05, 3.63) is 48.0 Å². The summed E-state index contributed by atoms with van der Waals surface area (Å²) in [6, 6.07) is 9.54. The van der Waals surface area contributed by atoms with Crippen LogP contribution in [0.5, 0.6) is 0 Å². The van der Waals surface area contributed by atoms with Gasteiger partial charge in [0.05, 0.1) is 5.69 Å². The maximum atomic E-state index is 10.1. The van der Waals surface area contributed by atoms with Crippen LogP contribution in [-0.4, -0.2) is 20.1 Å². The fourth-order valence-electron chi connectivity index (χ4n) is 1.95. The molecule has 0 spiro atoms. The van der Waals surface area contributed by atoms with Gasteiger partial charge in [-0.15, -0.1) is 5.10 Å². The van der Waals surface area contributed by atoms with Crippen molar-refractivity contribution >= 4 is 11.0 Å². The lowest BCUT2D eigenvalue weighted by Crippen LogP contribution is -2.00. The van der Waals surface area contributed by atoms with Crippen molar-refractivity contribution < 1.29 is 9.52 Å². The van der Waals surface area contributed by atoms with Gasteiger partial charge in [-0.05, 0) is 12.1 Å². The van der Waals surface area contributed by atoms with Gasteiger partial charge in [0, 0.05) is 25.1 Å². The molecule has 1 aromatic carbocycles. The van der Waals surface area contributed by atoms with Crippen LogP contribution in [0, 0.1) is 0 Å². The first-order valence-electron chi connectivity index (χ1n) is 5.74. The van der Waals surface area contributed by atoms with Gasteiger partial charge in [0.15, 0.2) is 0 Å². The fourth-order valence-corrected chi connectivity index (χ4v) is 1.95. The number of aryl methyl sites for hydroxylation is 1. The molecule has 1 atom stereocenters. The molecular formula is C13H13N3O2. The van der Waals surface area contributed by atoms with E-state index in [0.717, 1.165) is 16.7 Å². The lowest BCUT2D eigenvalue weighted by molar-refractivity contribution is 0.151. The minimum atomic E-state index is -0.700. The normalized spacial score (nSPS) is 13.0. The first-order valence-corrected chi connectivity index (χ1v) is 5.74. The average molecular weight is 243 g/mol. The minimum Gasteiger partial charge on any atom is -0.458 e. The van der Waals surface area contributed by atoms with Crippen molar-refractivity contribution in [3.8, 4) is 0 Å². The summed E-state index contributed by atoms with van der Waals surface area (Å²) in [6.45, 7) is 0. The Bertz CT molecular complexity index is 638. The second-order valence-corrected chi connectivity index (χ2v) is 4.29. The Morgan fingerprint density at radius 1 is 1.39 bits per heavy atom. The van der Waals surface area contributed by atoms with Crippen LogP contribution in [0.25, 0.3) is 11.0 Å². The van der Waals surface area contributed by atoms with E-state index in [-0.39, 0.29) is 0 Å². The number of rotatable bonds is 3. The van der Waals surface area contributed by atoms with Crippen LogP contribution in [-0.2, 0) is 13.5 Å². The predicted molar refractivity (Wildman–Crippen MR) is 65.9 cm³/mol. The van der Waals surface area contributed by atoms with Gasteiger partial charge in [-0.25, -0.2) is 0 Å². The third kappa shape index (κ3) is 2.00. The number of nitrogens with zero attached hydrogens (tertiary/aromatic N) is 3. The summed E-state index contributed by atoms with van der Waals surface area (Å²) in [6.07, 6.45) is 1.48. The number of fused-ring (bicyclic) bond motifs is 1. The van der Waals surface area contributed by atoms with E-state index < -0.39 is 6.10 Å². The average Bonchev–Trinajstić information content (AvgIpc) is 2.95. The summed E-state index contributed by atoms with van der Waals surface area (Å²) in [4.78, 5) is 0. The molecule has 0 aliphatic carbocycles. The second-order valence-electron chi connectivity index (χ2n) is 4.29. The van der Waals surface area contributed by atoms with E-state index in [9.17, 15) is 5.11 Å². The molecule has 0 fully saturated rings. The molecular weight excluding hydrogens is 230 g/mol. The van der Waals surface area contributed by atoms with Gasteiger partial charge in [0.25, 0.3) is 0 Å². The summed E-state index contributed by atoms with van der Waals surface area (Å²) in [5.74, 6) is 0.557. The minimum absolute atomic E-state index is 0.396. The van der Waals surface area contributed by atoms with E-state index in [2.05, 4.69) is 10.3 Å². The van der Waals surface area contributed by atoms with Gasteiger partial charge in [-0.2, -0.15) is 0 Å². The molecule has 92 valence electrons. The van der Waals surface area contributed by atoms with Gasteiger partial charge >= 0.3 is 0 Å². The highest BCUT2D eigenvalue weighted by atomic mass is 16.4. The third-order valence-corrected chi connectivity index (χ3v) is 2.83. The zero-order chi connectivity index (χ0) is 12.5. The topological polar surface area (TPSA) is 64.1 Å². The highest BCUT2D eigenvalue weighted by Gasteiger charge is 2.15. The maximum Gasteiger partial charge on any atom is 0.134 e. The molecule has 1 unspecified atom stereocenters. The van der Waals surface area contributed by atoms with Gasteiger partial charge in [-0.1, -0.05) is 23.4 Å². The number of aromatic nitrogens is 3. The molecule has 5 nitrogen and oxygen atoms in total. The molecule has 0 amide bonds. The summed E-state index contributed by atoms with van der Waals surface area (Å²) in [5, 5.41) is 18.9. The number of para-hydroxylation sites is 1. The molecule has 0 aliphatic heterocycles. The van der Waals surface area contributed by atoms with Crippen molar-refractivity contribution in [2.45, 2.75) is 12.5 Å². The Balaban J connectivity index is 1.85. The monoisotopic (exact) mass is 243 g/mol. The number of aliphatic hydroxyl groups is 1. The fraction of sp³-hybridized carbons (Fsp3) is 0.231. The Hall–Kier alpha value is -2.14. The number of hydrogen-bond donors (Lipinski definition) is 1. The van der Waals surface area contributed by atoms with Gasteiger partial charge in [0.2, 0.25) is 0 Å². The Labute approximate surface area is 104 Å². The van der Waals surface area contributed by atoms with E-state index in [1.165, 1.54) is 0 Å². The summed E-state index contributed by atoms with van der Waals surface area (Å²) < 4.78 is 7.22. The molecule has 0 saturated carbocycles. The number of aliphatic hydroxyl groups excluding tert-OH is 1. The molecule has 1 N–H and O–H groups in total. The highest BCUT2D eigenvalue weighted by Crippen LogP contribution is 2.25. The molecule has 3 rings (SSSR count). The first-order chi connectivity index (χ1) is 8.72. The highest BCUT2D eigenvalue weighted by molar-refractivity contribution is 5.77. The Kier molecular flexibility index (Phi) is 2.60. The molecule has 18 heavy (non-hydrogen) atoms. The van der Waals surface area contributed by atoms with Crippen molar-refractivity contribution in [2.75, 3.05) is 0 Å². The van der Waals surface area contributed by atoms with Gasteiger partial charge in [0.1, 0.15) is 17.4 Å². The zero-order valence-corrected chi connectivity index (χ0v) is 9.95. The van der Waals surface area contributed by atoms with Crippen molar-refractivity contribution in [2.24, 2.45) is 7.05 Å². The number of hydrogen-bond acceptors (Lipinski definition) is 4. The van der Waals surface area contributed by atoms with Gasteiger partial charge < -0.3 is 9.52 Å². The molecule has 5 heteroatoms. The van der Waals surface area contributed by atoms with E-state index in [1.54, 1.807) is 17.9 Å². The summed E-state index contributed by atoms with van der Waals surface area (Å²) >= 11 is 0. The van der Waals surface area contributed by atoms with Crippen LogP contribution >= 0.6 is 0 Å². The van der Waals surface area contributed by atoms with Crippen LogP contribution in [0.4, 0.5) is 0 Å². The van der Waals surface area contributed by atoms with Crippen LogP contribution < -0.4 is 0 Å². The van der Waals surface area contributed by atoms with Crippen molar-refractivity contribution in [3.63, 3.8) is 0 Å². The Morgan fingerprint density at radius 2 is 2.22 bits per heavy atom. The second kappa shape index (κ2) is 4.27. The van der Waals surface area contributed by atoms with Crippen molar-refractivity contribution in [1.29, 1.82) is 0 Å². The molecule has 0 aliphatic rings. The maximum absolute atomic E-state index is 10.1. The summed E-state index contributed by atoms with van der Waals surface area (Å²) in [5.41, 5.74) is 1.52. The van der Waals surface area contributed by atoms with Crippen LogP contribution in [0.1, 0.15) is 17.6 Å². The van der Waals surface area contributed by atoms with E-state index in [4.69, 9.17) is 4.42 Å². The van der Waals surface area contributed by atoms with E-state index in [0.29, 0.717) is 12.2 Å². The van der Waals surface area contributed by atoms with Gasteiger partial charge in [-0.3, -0.25) is 4.68 Å². The molecule has 3 aromatic rings. The SMILES string of the molecule is Cn1cc(CC(O)c2cc3ccccc3o2)nn1. The molecule has 2 aromatic heterocycles. The zero-order valence-electron chi connectivity index (χ0n) is 9.95. The third-order valence-electron chi connectivity index (χ3n) is 2.83. The lowest BCUT2D eigenvalue weighted by Gasteiger charge is -2.03. The predicted octanol–water partition coefficient (Wildman–Crippen LogP) is 1.84. The molecule has 0 bridgehead atoms. The quantitative estimate of drug-likeness (QED) is 0.762. The smallest absolute Gasteiger partial charge is 0.134 e. The number of benzene rings is 1. The van der Waals surface area contributed by atoms with E-state index >= 15 is 0 Å². The largest absolute Gasteiger partial charge is 0.458 e. The van der Waals surface area contributed by atoms with E-state index in [1.807, 2.05) is 30.3 Å². The molecule has 0 saturated heterocycles.